The molecule has 1 aromatic heterocycles. The van der Waals surface area contributed by atoms with Crippen LogP contribution in [0.1, 0.15) is 30.5 Å². The van der Waals surface area contributed by atoms with Gasteiger partial charge in [0.1, 0.15) is 0 Å². The molecule has 0 aliphatic carbocycles. The zero-order valence-corrected chi connectivity index (χ0v) is 12.8. The van der Waals surface area contributed by atoms with Crippen molar-refractivity contribution in [3.05, 3.63) is 59.9 Å². The van der Waals surface area contributed by atoms with Crippen molar-refractivity contribution in [1.82, 2.24) is 10.3 Å². The van der Waals surface area contributed by atoms with E-state index < -0.39 is 0 Å². The molecule has 0 amide bonds. The molecule has 1 N–H and O–H groups in total. The lowest BCUT2D eigenvalue weighted by Gasteiger charge is -2.41. The highest BCUT2D eigenvalue weighted by atomic mass is 15.2. The molecule has 2 aromatic rings. The van der Waals surface area contributed by atoms with Crippen molar-refractivity contribution in [3.63, 3.8) is 0 Å². The van der Waals surface area contributed by atoms with E-state index in [2.05, 4.69) is 65.4 Å². The van der Waals surface area contributed by atoms with E-state index in [1.165, 1.54) is 16.8 Å². The molecular weight excluding hydrogens is 258 g/mol. The Morgan fingerprint density at radius 3 is 2.76 bits per heavy atom. The summed E-state index contributed by atoms with van der Waals surface area (Å²) in [5, 5.41) is 3.69. The lowest BCUT2D eigenvalue weighted by Crippen LogP contribution is -2.52. The van der Waals surface area contributed by atoms with Crippen molar-refractivity contribution in [2.24, 2.45) is 0 Å². The molecule has 110 valence electrons. The van der Waals surface area contributed by atoms with E-state index >= 15 is 0 Å². The maximum Gasteiger partial charge on any atom is 0.0559 e. The third-order valence-electron chi connectivity index (χ3n) is 4.29. The third-order valence-corrected chi connectivity index (χ3v) is 4.29. The average molecular weight is 281 g/mol. The van der Waals surface area contributed by atoms with Gasteiger partial charge in [-0.1, -0.05) is 37.3 Å². The Balaban J connectivity index is 1.85. The molecule has 1 aromatic carbocycles. The molecule has 3 rings (SSSR count). The van der Waals surface area contributed by atoms with Crippen LogP contribution in [0.4, 0.5) is 5.69 Å². The summed E-state index contributed by atoms with van der Waals surface area (Å²) < 4.78 is 0. The maximum absolute atomic E-state index is 4.36. The molecule has 1 fully saturated rings. The minimum atomic E-state index is 0.384. The van der Waals surface area contributed by atoms with Gasteiger partial charge in [0, 0.05) is 31.4 Å². The summed E-state index contributed by atoms with van der Waals surface area (Å²) in [6.45, 7) is 6.37. The van der Waals surface area contributed by atoms with Gasteiger partial charge in [-0.15, -0.1) is 0 Å². The SMILES string of the molecule is CCC1CNC(c2ccccc2)CN1c1cncc(C)c1. The predicted octanol–water partition coefficient (Wildman–Crippen LogP) is 3.32. The van der Waals surface area contributed by atoms with Crippen LogP contribution in [0, 0.1) is 6.92 Å². The van der Waals surface area contributed by atoms with Crippen LogP contribution in [0.25, 0.3) is 0 Å². The van der Waals surface area contributed by atoms with E-state index in [1.54, 1.807) is 0 Å². The van der Waals surface area contributed by atoms with E-state index in [1.807, 2.05) is 12.4 Å². The summed E-state index contributed by atoms with van der Waals surface area (Å²) in [7, 11) is 0. The van der Waals surface area contributed by atoms with E-state index in [0.29, 0.717) is 12.1 Å². The van der Waals surface area contributed by atoms with E-state index in [4.69, 9.17) is 0 Å². The Kier molecular flexibility index (Phi) is 4.20. The monoisotopic (exact) mass is 281 g/mol. The first kappa shape index (κ1) is 14.1. The first-order valence-electron chi connectivity index (χ1n) is 7.74. The Hall–Kier alpha value is -1.87. The summed E-state index contributed by atoms with van der Waals surface area (Å²) in [6, 6.07) is 13.9. The molecule has 2 unspecified atom stereocenters. The quantitative estimate of drug-likeness (QED) is 0.935. The van der Waals surface area contributed by atoms with Crippen molar-refractivity contribution in [2.75, 3.05) is 18.0 Å². The molecule has 1 saturated heterocycles. The van der Waals surface area contributed by atoms with Gasteiger partial charge in [0.2, 0.25) is 0 Å². The van der Waals surface area contributed by atoms with Crippen LogP contribution in [0.5, 0.6) is 0 Å². The van der Waals surface area contributed by atoms with Gasteiger partial charge in [-0.3, -0.25) is 4.98 Å². The number of piperazine rings is 1. The lowest BCUT2D eigenvalue weighted by molar-refractivity contribution is 0.392. The highest BCUT2D eigenvalue weighted by Crippen LogP contribution is 2.26. The second-order valence-corrected chi connectivity index (χ2v) is 5.81. The standard InChI is InChI=1S/C18H23N3/c1-3-16-12-20-18(15-7-5-4-6-8-15)13-21(16)17-9-14(2)10-19-11-17/h4-11,16,18,20H,3,12-13H2,1-2H3. The number of pyridine rings is 1. The topological polar surface area (TPSA) is 28.2 Å². The minimum Gasteiger partial charge on any atom is -0.364 e. The van der Waals surface area contributed by atoms with Crippen LogP contribution in [0.2, 0.25) is 0 Å². The van der Waals surface area contributed by atoms with Crippen molar-refractivity contribution in [2.45, 2.75) is 32.4 Å². The summed E-state index contributed by atoms with van der Waals surface area (Å²) in [6.07, 6.45) is 5.05. The fourth-order valence-corrected chi connectivity index (χ4v) is 3.08. The van der Waals surface area contributed by atoms with Gasteiger partial charge < -0.3 is 10.2 Å². The molecule has 1 aliphatic heterocycles. The number of hydrogen-bond acceptors (Lipinski definition) is 3. The van der Waals surface area contributed by atoms with Crippen LogP contribution >= 0.6 is 0 Å². The molecular formula is C18H23N3. The molecule has 1 aliphatic rings. The molecule has 3 heteroatoms. The highest BCUT2D eigenvalue weighted by molar-refractivity contribution is 5.48. The first-order chi connectivity index (χ1) is 10.3. The van der Waals surface area contributed by atoms with Crippen LogP contribution in [-0.4, -0.2) is 24.1 Å². The largest absolute Gasteiger partial charge is 0.364 e. The zero-order chi connectivity index (χ0) is 14.7. The number of benzene rings is 1. The van der Waals surface area contributed by atoms with Crippen LogP contribution in [0.15, 0.2) is 48.8 Å². The van der Waals surface area contributed by atoms with E-state index in [-0.39, 0.29) is 0 Å². The van der Waals surface area contributed by atoms with Gasteiger partial charge in [-0.05, 0) is 30.5 Å². The molecule has 2 atom stereocenters. The molecule has 0 spiro atoms. The van der Waals surface area contributed by atoms with E-state index in [0.717, 1.165) is 19.5 Å². The van der Waals surface area contributed by atoms with Gasteiger partial charge in [0.15, 0.2) is 0 Å². The number of rotatable bonds is 3. The fourth-order valence-electron chi connectivity index (χ4n) is 3.08. The molecule has 0 radical (unpaired) electrons. The molecule has 3 nitrogen and oxygen atoms in total. The van der Waals surface area contributed by atoms with Gasteiger partial charge in [-0.2, -0.15) is 0 Å². The van der Waals surface area contributed by atoms with Crippen LogP contribution in [-0.2, 0) is 0 Å². The Morgan fingerprint density at radius 1 is 1.24 bits per heavy atom. The van der Waals surface area contributed by atoms with Gasteiger partial charge in [0.05, 0.1) is 11.9 Å². The Labute approximate surface area is 127 Å². The number of nitrogens with zero attached hydrogens (tertiary/aromatic N) is 2. The van der Waals surface area contributed by atoms with Crippen LogP contribution in [0.3, 0.4) is 0 Å². The summed E-state index contributed by atoms with van der Waals surface area (Å²) in [5.74, 6) is 0. The second-order valence-electron chi connectivity index (χ2n) is 5.81. The van der Waals surface area contributed by atoms with Gasteiger partial charge in [0.25, 0.3) is 0 Å². The normalized spacial score (nSPS) is 22.3. The maximum atomic E-state index is 4.36. The number of anilines is 1. The van der Waals surface area contributed by atoms with Gasteiger partial charge >= 0.3 is 0 Å². The smallest absolute Gasteiger partial charge is 0.0559 e. The molecule has 21 heavy (non-hydrogen) atoms. The van der Waals surface area contributed by atoms with E-state index in [9.17, 15) is 0 Å². The summed E-state index contributed by atoms with van der Waals surface area (Å²) >= 11 is 0. The van der Waals surface area contributed by atoms with Gasteiger partial charge in [-0.25, -0.2) is 0 Å². The number of nitrogens with one attached hydrogen (secondary N) is 1. The van der Waals surface area contributed by atoms with Crippen molar-refractivity contribution in [3.8, 4) is 0 Å². The Bertz CT molecular complexity index is 582. The number of aromatic nitrogens is 1. The summed E-state index contributed by atoms with van der Waals surface area (Å²) in [5.41, 5.74) is 3.82. The lowest BCUT2D eigenvalue weighted by atomic mass is 10.00. The predicted molar refractivity (Wildman–Crippen MR) is 87.6 cm³/mol. The average Bonchev–Trinajstić information content (AvgIpc) is 2.55. The molecule has 0 saturated carbocycles. The van der Waals surface area contributed by atoms with Crippen molar-refractivity contribution >= 4 is 5.69 Å². The number of hydrogen-bond donors (Lipinski definition) is 1. The summed E-state index contributed by atoms with van der Waals surface area (Å²) in [4.78, 5) is 6.87. The van der Waals surface area contributed by atoms with Crippen LogP contribution < -0.4 is 10.2 Å². The molecule has 2 heterocycles. The minimum absolute atomic E-state index is 0.384. The highest BCUT2D eigenvalue weighted by Gasteiger charge is 2.27. The molecule has 0 bridgehead atoms. The third kappa shape index (κ3) is 3.08. The second kappa shape index (κ2) is 6.27. The van der Waals surface area contributed by atoms with Crippen molar-refractivity contribution in [1.29, 1.82) is 0 Å². The first-order valence-corrected chi connectivity index (χ1v) is 7.74. The zero-order valence-electron chi connectivity index (χ0n) is 12.8. The van der Waals surface area contributed by atoms with Crippen molar-refractivity contribution < 1.29 is 0 Å². The number of aryl methyl sites for hydroxylation is 1. The Morgan fingerprint density at radius 2 is 2.05 bits per heavy atom. The fraction of sp³-hybridized carbons (Fsp3) is 0.389.